The van der Waals surface area contributed by atoms with Crippen LogP contribution in [0.25, 0.3) is 0 Å². The summed E-state index contributed by atoms with van der Waals surface area (Å²) in [6, 6.07) is 0.926. The second-order valence-corrected chi connectivity index (χ2v) is 6.47. The van der Waals surface area contributed by atoms with E-state index in [2.05, 4.69) is 27.3 Å². The molecule has 124 valence electrons. The fraction of sp³-hybridized carbons (Fsp3) is 0.938. The quantitative estimate of drug-likeness (QED) is 0.851. The molecule has 2 fully saturated rings. The van der Waals surface area contributed by atoms with Gasteiger partial charge < -0.3 is 15.4 Å². The van der Waals surface area contributed by atoms with Gasteiger partial charge in [-0.3, -0.25) is 4.90 Å². The van der Waals surface area contributed by atoms with Crippen molar-refractivity contribution in [3.8, 4) is 0 Å². The molecule has 1 amide bonds. The van der Waals surface area contributed by atoms with Crippen molar-refractivity contribution in [3.63, 3.8) is 0 Å². The molecule has 0 bridgehead atoms. The lowest BCUT2D eigenvalue weighted by Gasteiger charge is -2.33. The summed E-state index contributed by atoms with van der Waals surface area (Å²) < 4.78 is 4.39. The molecule has 0 radical (unpaired) electrons. The van der Waals surface area contributed by atoms with Crippen LogP contribution in [0.5, 0.6) is 0 Å². The Hall–Kier alpha value is -0.810. The summed E-state index contributed by atoms with van der Waals surface area (Å²) in [7, 11) is 2.25. The third-order valence-corrected chi connectivity index (χ3v) is 4.20. The summed E-state index contributed by atoms with van der Waals surface area (Å²) in [5.41, 5.74) is 4.63. The zero-order chi connectivity index (χ0) is 15.7. The van der Waals surface area contributed by atoms with E-state index in [9.17, 15) is 4.79 Å². The summed E-state index contributed by atoms with van der Waals surface area (Å²) in [4.78, 5) is 15.0. The van der Waals surface area contributed by atoms with Gasteiger partial charge in [-0.2, -0.15) is 0 Å². The third-order valence-electron chi connectivity index (χ3n) is 4.20. The van der Waals surface area contributed by atoms with Crippen molar-refractivity contribution < 1.29 is 9.53 Å². The van der Waals surface area contributed by atoms with Crippen molar-refractivity contribution in [2.45, 2.75) is 64.5 Å². The lowest BCUT2D eigenvalue weighted by atomic mass is 9.94. The van der Waals surface area contributed by atoms with Crippen molar-refractivity contribution in [3.05, 3.63) is 0 Å². The zero-order valence-electron chi connectivity index (χ0n) is 14.0. The van der Waals surface area contributed by atoms with Gasteiger partial charge in [0, 0.05) is 19.1 Å². The van der Waals surface area contributed by atoms with Crippen LogP contribution in [-0.4, -0.2) is 61.3 Å². The molecule has 1 heterocycles. The van der Waals surface area contributed by atoms with Gasteiger partial charge in [0.25, 0.3) is 0 Å². The van der Waals surface area contributed by atoms with Gasteiger partial charge >= 0.3 is 6.09 Å². The van der Waals surface area contributed by atoms with Gasteiger partial charge in [0.05, 0.1) is 6.10 Å². The molecule has 1 aliphatic carbocycles. The molecule has 0 aromatic carbocycles. The van der Waals surface area contributed by atoms with Gasteiger partial charge in [-0.05, 0) is 53.2 Å². The van der Waals surface area contributed by atoms with E-state index in [1.54, 1.807) is 13.8 Å². The maximum absolute atomic E-state index is 9.81. The lowest BCUT2D eigenvalue weighted by Crippen LogP contribution is -2.39. The third kappa shape index (κ3) is 8.27. The summed E-state index contributed by atoms with van der Waals surface area (Å²) >= 11 is 0. The second-order valence-electron chi connectivity index (χ2n) is 6.47. The number of nitrogens with zero attached hydrogens (tertiary/aromatic N) is 2. The molecule has 0 spiro atoms. The fourth-order valence-corrected chi connectivity index (χ4v) is 3.11. The standard InChI is InChI=1S/C12H24N2.C4H9NO2/c1-13-8-5-9-14(11-10-13)12-6-3-2-4-7-12;1-3(2)7-4(5)6/h12H,2-11H2,1H3;3H,1-2H3,(H2,5,6). The van der Waals surface area contributed by atoms with E-state index in [-0.39, 0.29) is 6.10 Å². The summed E-state index contributed by atoms with van der Waals surface area (Å²) in [5, 5.41) is 0. The number of ether oxygens (including phenoxy) is 1. The highest BCUT2D eigenvalue weighted by Gasteiger charge is 2.22. The van der Waals surface area contributed by atoms with Crippen LogP contribution in [0.4, 0.5) is 4.79 Å². The van der Waals surface area contributed by atoms with E-state index in [1.807, 2.05) is 0 Å². The Labute approximate surface area is 129 Å². The molecule has 1 saturated heterocycles. The first-order valence-corrected chi connectivity index (χ1v) is 8.37. The van der Waals surface area contributed by atoms with E-state index in [0.717, 1.165) is 6.04 Å². The first-order valence-electron chi connectivity index (χ1n) is 8.37. The van der Waals surface area contributed by atoms with E-state index in [0.29, 0.717) is 0 Å². The Morgan fingerprint density at radius 3 is 2.24 bits per heavy atom. The van der Waals surface area contributed by atoms with Crippen molar-refractivity contribution >= 4 is 6.09 Å². The summed E-state index contributed by atoms with van der Waals surface area (Å²) in [6.07, 6.45) is 7.89. The van der Waals surface area contributed by atoms with Crippen LogP contribution in [-0.2, 0) is 4.74 Å². The van der Waals surface area contributed by atoms with Crippen molar-refractivity contribution in [2.75, 3.05) is 33.2 Å². The number of hydrogen-bond acceptors (Lipinski definition) is 4. The summed E-state index contributed by atoms with van der Waals surface area (Å²) in [5.74, 6) is 0. The van der Waals surface area contributed by atoms with Crippen LogP contribution in [0.1, 0.15) is 52.4 Å². The number of primary amides is 1. The highest BCUT2D eigenvalue weighted by molar-refractivity contribution is 5.64. The lowest BCUT2D eigenvalue weighted by molar-refractivity contribution is 0.125. The smallest absolute Gasteiger partial charge is 0.404 e. The number of carbonyl (C=O) groups excluding carboxylic acids is 1. The molecule has 0 unspecified atom stereocenters. The molecular formula is C16H33N3O2. The molecular weight excluding hydrogens is 266 g/mol. The summed E-state index contributed by atoms with van der Waals surface area (Å²) in [6.45, 7) is 8.70. The average molecular weight is 299 g/mol. The topological polar surface area (TPSA) is 58.8 Å². The first kappa shape index (κ1) is 18.2. The number of nitrogens with two attached hydrogens (primary N) is 1. The number of amides is 1. The van der Waals surface area contributed by atoms with Crippen LogP contribution in [0.3, 0.4) is 0 Å². The Kier molecular flexibility index (Phi) is 8.69. The Balaban J connectivity index is 0.000000270. The van der Waals surface area contributed by atoms with Crippen molar-refractivity contribution in [2.24, 2.45) is 5.73 Å². The number of carbonyl (C=O) groups is 1. The molecule has 0 aromatic heterocycles. The Morgan fingerprint density at radius 2 is 1.71 bits per heavy atom. The minimum Gasteiger partial charge on any atom is -0.447 e. The SMILES string of the molecule is CC(C)OC(N)=O.CN1CCCN(C2CCCCC2)CC1. The molecule has 2 rings (SSSR count). The van der Waals surface area contributed by atoms with Gasteiger partial charge in [-0.15, -0.1) is 0 Å². The molecule has 5 heteroatoms. The van der Waals surface area contributed by atoms with Crippen LogP contribution >= 0.6 is 0 Å². The highest BCUT2D eigenvalue weighted by atomic mass is 16.6. The predicted molar refractivity (Wildman–Crippen MR) is 86.4 cm³/mol. The average Bonchev–Trinajstić information content (AvgIpc) is 2.64. The minimum atomic E-state index is -0.713. The molecule has 1 saturated carbocycles. The van der Waals surface area contributed by atoms with Crippen LogP contribution in [0, 0.1) is 0 Å². The molecule has 21 heavy (non-hydrogen) atoms. The van der Waals surface area contributed by atoms with E-state index in [1.165, 1.54) is 64.7 Å². The maximum atomic E-state index is 9.81. The van der Waals surface area contributed by atoms with Crippen LogP contribution in [0.15, 0.2) is 0 Å². The number of rotatable bonds is 2. The second kappa shape index (κ2) is 10.0. The normalized spacial score (nSPS) is 22.3. The monoisotopic (exact) mass is 299 g/mol. The molecule has 2 N–H and O–H groups in total. The van der Waals surface area contributed by atoms with E-state index < -0.39 is 6.09 Å². The predicted octanol–water partition coefficient (Wildman–Crippen LogP) is 2.45. The largest absolute Gasteiger partial charge is 0.447 e. The van der Waals surface area contributed by atoms with Crippen molar-refractivity contribution in [1.82, 2.24) is 9.80 Å². The zero-order valence-corrected chi connectivity index (χ0v) is 14.0. The van der Waals surface area contributed by atoms with Gasteiger partial charge in [0.1, 0.15) is 0 Å². The van der Waals surface area contributed by atoms with Gasteiger partial charge in [0.15, 0.2) is 0 Å². The maximum Gasteiger partial charge on any atom is 0.404 e. The molecule has 2 aliphatic rings. The number of hydrogen-bond donors (Lipinski definition) is 1. The number of likely N-dealkylation sites (N-methyl/N-ethyl adjacent to an activating group) is 1. The van der Waals surface area contributed by atoms with Gasteiger partial charge in [0.2, 0.25) is 0 Å². The van der Waals surface area contributed by atoms with Crippen LogP contribution in [0.2, 0.25) is 0 Å². The van der Waals surface area contributed by atoms with Crippen molar-refractivity contribution in [1.29, 1.82) is 0 Å². The highest BCUT2D eigenvalue weighted by Crippen LogP contribution is 2.23. The van der Waals surface area contributed by atoms with Gasteiger partial charge in [-0.25, -0.2) is 4.79 Å². The molecule has 5 nitrogen and oxygen atoms in total. The van der Waals surface area contributed by atoms with E-state index in [4.69, 9.17) is 0 Å². The first-order chi connectivity index (χ1) is 9.99. The van der Waals surface area contributed by atoms with Gasteiger partial charge in [-0.1, -0.05) is 19.3 Å². The Morgan fingerprint density at radius 1 is 1.05 bits per heavy atom. The van der Waals surface area contributed by atoms with E-state index >= 15 is 0 Å². The fourth-order valence-electron chi connectivity index (χ4n) is 3.11. The Bertz CT molecular complexity index is 291. The molecule has 1 aliphatic heterocycles. The molecule has 0 atom stereocenters. The minimum absolute atomic E-state index is 0.0995. The molecule has 0 aromatic rings. The van der Waals surface area contributed by atoms with Crippen LogP contribution < -0.4 is 5.73 Å².